The highest BCUT2D eigenvalue weighted by molar-refractivity contribution is 5.94. The molecule has 1 aromatic carbocycles. The molecular weight excluding hydrogens is 238 g/mol. The summed E-state index contributed by atoms with van der Waals surface area (Å²) in [6.45, 7) is 8.92. The van der Waals surface area contributed by atoms with Gasteiger partial charge in [-0.05, 0) is 38.0 Å². The summed E-state index contributed by atoms with van der Waals surface area (Å²) < 4.78 is 5.55. The van der Waals surface area contributed by atoms with Gasteiger partial charge in [-0.2, -0.15) is 0 Å². The molecule has 3 N–H and O–H groups in total. The third kappa shape index (κ3) is 2.49. The molecule has 1 heterocycles. The van der Waals surface area contributed by atoms with E-state index in [1.165, 1.54) is 0 Å². The number of benzene rings is 1. The molecule has 0 spiro atoms. The molecule has 0 saturated heterocycles. The van der Waals surface area contributed by atoms with E-state index in [-0.39, 0.29) is 0 Å². The number of fused-ring (bicyclic) bond motifs is 1. The Morgan fingerprint density at radius 3 is 2.68 bits per heavy atom. The van der Waals surface area contributed by atoms with Crippen LogP contribution in [-0.4, -0.2) is 11.6 Å². The Balaban J connectivity index is 2.73. The van der Waals surface area contributed by atoms with Crippen molar-refractivity contribution >= 4 is 16.6 Å². The van der Waals surface area contributed by atoms with Crippen LogP contribution in [0.25, 0.3) is 10.9 Å². The molecule has 102 valence electrons. The lowest BCUT2D eigenvalue weighted by atomic mass is 9.97. The minimum atomic E-state index is 0.360. The van der Waals surface area contributed by atoms with E-state index in [9.17, 15) is 0 Å². The molecule has 2 rings (SSSR count). The zero-order chi connectivity index (χ0) is 14.0. The Morgan fingerprint density at radius 2 is 2.11 bits per heavy atom. The molecular formula is C15H21N3O. The highest BCUT2D eigenvalue weighted by atomic mass is 16.5. The van der Waals surface area contributed by atoms with Crippen molar-refractivity contribution < 1.29 is 4.74 Å². The first-order valence-electron chi connectivity index (χ1n) is 6.62. The Bertz CT molecular complexity index is 593. The van der Waals surface area contributed by atoms with Gasteiger partial charge in [0, 0.05) is 16.6 Å². The lowest BCUT2D eigenvalue weighted by molar-refractivity contribution is 0.340. The molecule has 0 saturated carbocycles. The summed E-state index contributed by atoms with van der Waals surface area (Å²) in [5.74, 6) is 6.93. The van der Waals surface area contributed by atoms with Crippen molar-refractivity contribution in [2.75, 3.05) is 12.0 Å². The SMILES string of the molecule is CCOc1ccc2nc(C)c(C(C)C)c(NN)c2c1. The van der Waals surface area contributed by atoms with Crippen molar-refractivity contribution in [2.45, 2.75) is 33.6 Å². The zero-order valence-electron chi connectivity index (χ0n) is 11.9. The van der Waals surface area contributed by atoms with E-state index < -0.39 is 0 Å². The summed E-state index contributed by atoms with van der Waals surface area (Å²) in [4.78, 5) is 4.66. The maximum Gasteiger partial charge on any atom is 0.120 e. The van der Waals surface area contributed by atoms with Crippen molar-refractivity contribution in [1.82, 2.24) is 4.98 Å². The van der Waals surface area contributed by atoms with E-state index in [1.54, 1.807) is 0 Å². The minimum Gasteiger partial charge on any atom is -0.494 e. The molecule has 0 fully saturated rings. The maximum atomic E-state index is 5.73. The summed E-state index contributed by atoms with van der Waals surface area (Å²) in [5.41, 5.74) is 6.88. The fourth-order valence-corrected chi connectivity index (χ4v) is 2.50. The predicted octanol–water partition coefficient (Wildman–Crippen LogP) is 3.35. The summed E-state index contributed by atoms with van der Waals surface area (Å²) in [6, 6.07) is 5.90. The van der Waals surface area contributed by atoms with Crippen molar-refractivity contribution in [3.8, 4) is 5.75 Å². The highest BCUT2D eigenvalue weighted by Gasteiger charge is 2.15. The Labute approximate surface area is 113 Å². The van der Waals surface area contributed by atoms with Gasteiger partial charge in [-0.1, -0.05) is 13.8 Å². The van der Waals surface area contributed by atoms with Crippen LogP contribution in [-0.2, 0) is 0 Å². The van der Waals surface area contributed by atoms with Gasteiger partial charge < -0.3 is 10.2 Å². The number of aryl methyl sites for hydroxylation is 1. The van der Waals surface area contributed by atoms with Gasteiger partial charge >= 0.3 is 0 Å². The van der Waals surface area contributed by atoms with Crippen LogP contribution in [0.1, 0.15) is 37.9 Å². The van der Waals surface area contributed by atoms with E-state index in [0.29, 0.717) is 12.5 Å². The zero-order valence-corrected chi connectivity index (χ0v) is 11.9. The largest absolute Gasteiger partial charge is 0.494 e. The molecule has 19 heavy (non-hydrogen) atoms. The number of aromatic nitrogens is 1. The molecule has 0 aliphatic heterocycles. The molecule has 0 amide bonds. The second kappa shape index (κ2) is 5.45. The van der Waals surface area contributed by atoms with E-state index in [2.05, 4.69) is 24.3 Å². The Hall–Kier alpha value is -1.81. The predicted molar refractivity (Wildman–Crippen MR) is 79.5 cm³/mol. The van der Waals surface area contributed by atoms with Crippen LogP contribution in [0.2, 0.25) is 0 Å². The highest BCUT2D eigenvalue weighted by Crippen LogP contribution is 2.34. The number of ether oxygens (including phenoxy) is 1. The summed E-state index contributed by atoms with van der Waals surface area (Å²) in [6.07, 6.45) is 0. The Morgan fingerprint density at radius 1 is 1.37 bits per heavy atom. The molecule has 0 aliphatic carbocycles. The third-order valence-corrected chi connectivity index (χ3v) is 3.22. The number of hydrogen-bond acceptors (Lipinski definition) is 4. The summed E-state index contributed by atoms with van der Waals surface area (Å²) >= 11 is 0. The first-order valence-corrected chi connectivity index (χ1v) is 6.62. The lowest BCUT2D eigenvalue weighted by Crippen LogP contribution is -2.12. The van der Waals surface area contributed by atoms with E-state index in [4.69, 9.17) is 10.6 Å². The van der Waals surface area contributed by atoms with Crippen molar-refractivity contribution in [3.63, 3.8) is 0 Å². The molecule has 1 aromatic heterocycles. The van der Waals surface area contributed by atoms with Gasteiger partial charge in [-0.3, -0.25) is 10.8 Å². The first-order chi connectivity index (χ1) is 9.08. The average molecular weight is 259 g/mol. The number of anilines is 1. The number of hydrazine groups is 1. The van der Waals surface area contributed by atoms with Crippen LogP contribution in [0.3, 0.4) is 0 Å². The van der Waals surface area contributed by atoms with Gasteiger partial charge in [-0.15, -0.1) is 0 Å². The van der Waals surface area contributed by atoms with Gasteiger partial charge in [0.05, 0.1) is 17.8 Å². The fourth-order valence-electron chi connectivity index (χ4n) is 2.50. The van der Waals surface area contributed by atoms with Gasteiger partial charge in [0.1, 0.15) is 5.75 Å². The van der Waals surface area contributed by atoms with Crippen LogP contribution in [0.4, 0.5) is 5.69 Å². The number of nitrogens with zero attached hydrogens (tertiary/aromatic N) is 1. The molecule has 0 radical (unpaired) electrons. The van der Waals surface area contributed by atoms with Crippen molar-refractivity contribution in [2.24, 2.45) is 5.84 Å². The molecule has 4 heteroatoms. The van der Waals surface area contributed by atoms with Crippen LogP contribution in [0.5, 0.6) is 5.75 Å². The summed E-state index contributed by atoms with van der Waals surface area (Å²) in [5, 5.41) is 1.00. The normalized spacial score (nSPS) is 11.1. The van der Waals surface area contributed by atoms with Gasteiger partial charge in [-0.25, -0.2) is 0 Å². The average Bonchev–Trinajstić information content (AvgIpc) is 2.37. The number of hydrogen-bond donors (Lipinski definition) is 2. The topological polar surface area (TPSA) is 60.2 Å². The van der Waals surface area contributed by atoms with E-state index in [1.807, 2.05) is 32.0 Å². The van der Waals surface area contributed by atoms with Crippen LogP contribution >= 0.6 is 0 Å². The van der Waals surface area contributed by atoms with Crippen LogP contribution in [0, 0.1) is 6.92 Å². The number of nitrogens with one attached hydrogen (secondary N) is 1. The number of rotatable bonds is 4. The molecule has 2 aromatic rings. The van der Waals surface area contributed by atoms with Crippen molar-refractivity contribution in [3.05, 3.63) is 29.5 Å². The second-order valence-corrected chi connectivity index (χ2v) is 4.90. The van der Waals surface area contributed by atoms with Crippen LogP contribution < -0.4 is 16.0 Å². The number of nitrogen functional groups attached to an aromatic ring is 1. The third-order valence-electron chi connectivity index (χ3n) is 3.22. The molecule has 4 nitrogen and oxygen atoms in total. The van der Waals surface area contributed by atoms with Crippen molar-refractivity contribution in [1.29, 1.82) is 0 Å². The Kier molecular flexibility index (Phi) is 3.90. The van der Waals surface area contributed by atoms with Gasteiger partial charge in [0.25, 0.3) is 0 Å². The first kappa shape index (κ1) is 13.6. The molecule has 0 bridgehead atoms. The quantitative estimate of drug-likeness (QED) is 0.653. The molecule has 0 atom stereocenters. The van der Waals surface area contributed by atoms with Gasteiger partial charge in [0.2, 0.25) is 0 Å². The molecule has 0 unspecified atom stereocenters. The lowest BCUT2D eigenvalue weighted by Gasteiger charge is -2.18. The molecule has 0 aliphatic rings. The van der Waals surface area contributed by atoms with E-state index in [0.717, 1.165) is 33.6 Å². The number of pyridine rings is 1. The standard InChI is InChI=1S/C15H21N3O/c1-5-19-11-6-7-13-12(8-11)15(18-16)14(9(2)3)10(4)17-13/h6-9H,5,16H2,1-4H3,(H,17,18). The second-order valence-electron chi connectivity index (χ2n) is 4.90. The smallest absolute Gasteiger partial charge is 0.120 e. The maximum absolute atomic E-state index is 5.73. The fraction of sp³-hybridized carbons (Fsp3) is 0.400. The minimum absolute atomic E-state index is 0.360. The van der Waals surface area contributed by atoms with Gasteiger partial charge in [0.15, 0.2) is 0 Å². The summed E-state index contributed by atoms with van der Waals surface area (Å²) in [7, 11) is 0. The monoisotopic (exact) mass is 259 g/mol. The van der Waals surface area contributed by atoms with E-state index >= 15 is 0 Å². The van der Waals surface area contributed by atoms with Crippen LogP contribution in [0.15, 0.2) is 18.2 Å². The number of nitrogens with two attached hydrogens (primary N) is 1.